The molecule has 2 aliphatic rings. The number of rotatable bonds is 3. The molecule has 1 fully saturated rings. The SMILES string of the molecule is CC1CCCN(C(=O)CN2C(=O)c3ccc([N+](=O)[O-])cc3C2=O)C1. The molecule has 0 N–H and O–H groups in total. The summed E-state index contributed by atoms with van der Waals surface area (Å²) in [5.41, 5.74) is -0.174. The summed E-state index contributed by atoms with van der Waals surface area (Å²) in [6, 6.07) is 3.53. The topological polar surface area (TPSA) is 101 Å². The third kappa shape index (κ3) is 2.75. The Balaban J connectivity index is 1.78. The first-order chi connectivity index (χ1) is 11.4. The summed E-state index contributed by atoms with van der Waals surface area (Å²) in [5, 5.41) is 10.8. The number of amides is 3. The minimum Gasteiger partial charge on any atom is -0.341 e. The Morgan fingerprint density at radius 3 is 2.67 bits per heavy atom. The monoisotopic (exact) mass is 331 g/mol. The molecule has 1 aromatic carbocycles. The number of hydrogen-bond donors (Lipinski definition) is 0. The second-order valence-corrected chi connectivity index (χ2v) is 6.27. The maximum absolute atomic E-state index is 12.4. The van der Waals surface area contributed by atoms with Crippen molar-refractivity contribution in [1.29, 1.82) is 0 Å². The standard InChI is InChI=1S/C16H17N3O5/c1-10-3-2-6-17(8-10)14(20)9-18-15(21)12-5-4-11(19(23)24)7-13(12)16(18)22/h4-5,7,10H,2-3,6,8-9H2,1H3. The van der Waals surface area contributed by atoms with E-state index in [1.54, 1.807) is 4.90 Å². The van der Waals surface area contributed by atoms with Gasteiger partial charge in [0.15, 0.2) is 0 Å². The second kappa shape index (κ2) is 6.03. The van der Waals surface area contributed by atoms with Crippen molar-refractivity contribution < 1.29 is 19.3 Å². The molecule has 1 atom stereocenters. The molecule has 1 unspecified atom stereocenters. The van der Waals surface area contributed by atoms with Crippen molar-refractivity contribution >= 4 is 23.4 Å². The molecule has 0 bridgehead atoms. The number of nitro benzene ring substituents is 1. The molecule has 0 radical (unpaired) electrons. The van der Waals surface area contributed by atoms with Gasteiger partial charge >= 0.3 is 0 Å². The predicted molar refractivity (Wildman–Crippen MR) is 83.4 cm³/mol. The van der Waals surface area contributed by atoms with Crippen molar-refractivity contribution in [1.82, 2.24) is 9.80 Å². The van der Waals surface area contributed by atoms with Crippen LogP contribution in [0.2, 0.25) is 0 Å². The van der Waals surface area contributed by atoms with E-state index in [9.17, 15) is 24.5 Å². The van der Waals surface area contributed by atoms with Crippen LogP contribution in [0.25, 0.3) is 0 Å². The van der Waals surface area contributed by atoms with Crippen molar-refractivity contribution in [2.75, 3.05) is 19.6 Å². The summed E-state index contributed by atoms with van der Waals surface area (Å²) in [6.45, 7) is 2.97. The Hall–Kier alpha value is -2.77. The lowest BCUT2D eigenvalue weighted by Crippen LogP contribution is -2.46. The molecule has 8 nitrogen and oxygen atoms in total. The minimum absolute atomic E-state index is 0.0194. The molecule has 2 aliphatic heterocycles. The molecule has 0 saturated carbocycles. The van der Waals surface area contributed by atoms with Gasteiger partial charge in [0.1, 0.15) is 6.54 Å². The fourth-order valence-corrected chi connectivity index (χ4v) is 3.19. The normalized spacial score (nSPS) is 20.3. The van der Waals surface area contributed by atoms with Crippen LogP contribution >= 0.6 is 0 Å². The molecule has 126 valence electrons. The first-order valence-electron chi connectivity index (χ1n) is 7.81. The van der Waals surface area contributed by atoms with Gasteiger partial charge in [0.2, 0.25) is 5.91 Å². The molecule has 2 heterocycles. The third-order valence-electron chi connectivity index (χ3n) is 4.47. The van der Waals surface area contributed by atoms with Gasteiger partial charge in [0.25, 0.3) is 17.5 Å². The van der Waals surface area contributed by atoms with Crippen molar-refractivity contribution in [3.8, 4) is 0 Å². The van der Waals surface area contributed by atoms with E-state index in [0.29, 0.717) is 19.0 Å². The Labute approximate surface area is 138 Å². The highest BCUT2D eigenvalue weighted by Crippen LogP contribution is 2.27. The van der Waals surface area contributed by atoms with E-state index in [0.717, 1.165) is 23.8 Å². The van der Waals surface area contributed by atoms with E-state index in [-0.39, 0.29) is 29.3 Å². The zero-order valence-electron chi connectivity index (χ0n) is 13.2. The van der Waals surface area contributed by atoms with Crippen LogP contribution in [0.4, 0.5) is 5.69 Å². The lowest BCUT2D eigenvalue weighted by atomic mass is 10.0. The molecule has 8 heteroatoms. The van der Waals surface area contributed by atoms with Crippen LogP contribution in [0.3, 0.4) is 0 Å². The highest BCUT2D eigenvalue weighted by molar-refractivity contribution is 6.22. The number of non-ortho nitro benzene ring substituents is 1. The number of benzene rings is 1. The van der Waals surface area contributed by atoms with Crippen molar-refractivity contribution in [2.24, 2.45) is 5.92 Å². The molecule has 3 rings (SSSR count). The van der Waals surface area contributed by atoms with Gasteiger partial charge in [-0.3, -0.25) is 29.4 Å². The Morgan fingerprint density at radius 2 is 2.00 bits per heavy atom. The molecule has 1 saturated heterocycles. The lowest BCUT2D eigenvalue weighted by Gasteiger charge is -2.31. The van der Waals surface area contributed by atoms with E-state index in [1.165, 1.54) is 12.1 Å². The number of nitrogens with zero attached hydrogens (tertiary/aromatic N) is 3. The van der Waals surface area contributed by atoms with E-state index in [2.05, 4.69) is 6.92 Å². The van der Waals surface area contributed by atoms with Crippen LogP contribution in [0.15, 0.2) is 18.2 Å². The molecule has 1 aromatic rings. The number of hydrogen-bond acceptors (Lipinski definition) is 5. The van der Waals surface area contributed by atoms with Crippen molar-refractivity contribution in [3.63, 3.8) is 0 Å². The number of carbonyl (C=O) groups excluding carboxylic acids is 3. The quantitative estimate of drug-likeness (QED) is 0.474. The number of likely N-dealkylation sites (tertiary alicyclic amines) is 1. The van der Waals surface area contributed by atoms with Crippen LogP contribution in [-0.2, 0) is 4.79 Å². The lowest BCUT2D eigenvalue weighted by molar-refractivity contribution is -0.384. The number of imide groups is 1. The van der Waals surface area contributed by atoms with Gasteiger partial charge in [-0.2, -0.15) is 0 Å². The molecule has 0 spiro atoms. The van der Waals surface area contributed by atoms with Gasteiger partial charge in [-0.15, -0.1) is 0 Å². The van der Waals surface area contributed by atoms with E-state index in [1.807, 2.05) is 0 Å². The van der Waals surface area contributed by atoms with Crippen LogP contribution in [0, 0.1) is 16.0 Å². The maximum atomic E-state index is 12.4. The van der Waals surface area contributed by atoms with Crippen molar-refractivity contribution in [2.45, 2.75) is 19.8 Å². The number of piperidine rings is 1. The molecular weight excluding hydrogens is 314 g/mol. The van der Waals surface area contributed by atoms with E-state index in [4.69, 9.17) is 0 Å². The number of carbonyl (C=O) groups is 3. The zero-order valence-corrected chi connectivity index (χ0v) is 13.2. The summed E-state index contributed by atoms with van der Waals surface area (Å²) in [6.07, 6.45) is 1.96. The van der Waals surface area contributed by atoms with Crippen LogP contribution < -0.4 is 0 Å². The summed E-state index contributed by atoms with van der Waals surface area (Å²) in [5.74, 6) is -1.11. The molecule has 0 aromatic heterocycles. The smallest absolute Gasteiger partial charge is 0.270 e. The van der Waals surface area contributed by atoms with Crippen LogP contribution in [-0.4, -0.2) is 52.1 Å². The molecular formula is C16H17N3O5. The summed E-state index contributed by atoms with van der Waals surface area (Å²) in [4.78, 5) is 49.8. The molecule has 24 heavy (non-hydrogen) atoms. The number of fused-ring (bicyclic) bond motifs is 1. The average molecular weight is 331 g/mol. The fourth-order valence-electron chi connectivity index (χ4n) is 3.19. The summed E-state index contributed by atoms with van der Waals surface area (Å²) < 4.78 is 0. The largest absolute Gasteiger partial charge is 0.341 e. The van der Waals surface area contributed by atoms with Gasteiger partial charge in [-0.05, 0) is 24.8 Å². The first-order valence-corrected chi connectivity index (χ1v) is 7.81. The Bertz CT molecular complexity index is 745. The van der Waals surface area contributed by atoms with Gasteiger partial charge in [0.05, 0.1) is 16.1 Å². The molecule has 3 amide bonds. The van der Waals surface area contributed by atoms with Crippen LogP contribution in [0.1, 0.15) is 40.5 Å². The maximum Gasteiger partial charge on any atom is 0.270 e. The summed E-state index contributed by atoms with van der Waals surface area (Å²) in [7, 11) is 0. The van der Waals surface area contributed by atoms with Crippen LogP contribution in [0.5, 0.6) is 0 Å². The third-order valence-corrected chi connectivity index (χ3v) is 4.47. The fraction of sp³-hybridized carbons (Fsp3) is 0.438. The second-order valence-electron chi connectivity index (χ2n) is 6.27. The first kappa shape index (κ1) is 16.1. The predicted octanol–water partition coefficient (Wildman–Crippen LogP) is 1.45. The van der Waals surface area contributed by atoms with E-state index < -0.39 is 16.7 Å². The molecule has 0 aliphatic carbocycles. The Kier molecular flexibility index (Phi) is 4.04. The highest BCUT2D eigenvalue weighted by atomic mass is 16.6. The Morgan fingerprint density at radius 1 is 1.29 bits per heavy atom. The van der Waals surface area contributed by atoms with Gasteiger partial charge in [-0.1, -0.05) is 6.92 Å². The van der Waals surface area contributed by atoms with E-state index >= 15 is 0 Å². The van der Waals surface area contributed by atoms with Crippen molar-refractivity contribution in [3.05, 3.63) is 39.4 Å². The average Bonchev–Trinajstić information content (AvgIpc) is 2.79. The zero-order chi connectivity index (χ0) is 17.4. The highest BCUT2D eigenvalue weighted by Gasteiger charge is 2.38. The van der Waals surface area contributed by atoms with Gasteiger partial charge < -0.3 is 4.90 Å². The number of nitro groups is 1. The minimum atomic E-state index is -0.655. The van der Waals surface area contributed by atoms with Gasteiger partial charge in [-0.25, -0.2) is 0 Å². The summed E-state index contributed by atoms with van der Waals surface area (Å²) >= 11 is 0. The van der Waals surface area contributed by atoms with Gasteiger partial charge in [0, 0.05) is 25.2 Å².